The van der Waals surface area contributed by atoms with Crippen LogP contribution in [-0.2, 0) is 4.79 Å². The Morgan fingerprint density at radius 3 is 2.75 bits per heavy atom. The smallest absolute Gasteiger partial charge is 0.223 e. The van der Waals surface area contributed by atoms with Crippen molar-refractivity contribution < 1.29 is 4.79 Å². The van der Waals surface area contributed by atoms with Gasteiger partial charge in [-0.15, -0.1) is 0 Å². The maximum Gasteiger partial charge on any atom is 0.223 e. The highest BCUT2D eigenvalue weighted by Crippen LogP contribution is 2.29. The lowest BCUT2D eigenvalue weighted by Gasteiger charge is -2.32. The van der Waals surface area contributed by atoms with Crippen molar-refractivity contribution in [3.63, 3.8) is 0 Å². The van der Waals surface area contributed by atoms with Gasteiger partial charge in [0, 0.05) is 18.0 Å². The van der Waals surface area contributed by atoms with Gasteiger partial charge >= 0.3 is 0 Å². The molecule has 3 N–H and O–H groups in total. The number of hydrogen-bond donors (Lipinski definition) is 2. The number of amides is 1. The van der Waals surface area contributed by atoms with Gasteiger partial charge in [-0.05, 0) is 38.5 Å². The van der Waals surface area contributed by atoms with Crippen LogP contribution in [0.25, 0.3) is 0 Å². The fraction of sp³-hybridized carbons (Fsp3) is 0.923. The van der Waals surface area contributed by atoms with Crippen LogP contribution in [0.5, 0.6) is 0 Å². The average Bonchev–Trinajstić information content (AvgIpc) is 2.17. The molecule has 3 nitrogen and oxygen atoms in total. The fourth-order valence-electron chi connectivity index (χ4n) is 2.68. The molecule has 0 aromatic carbocycles. The molecule has 0 spiro atoms. The fourth-order valence-corrected chi connectivity index (χ4v) is 2.68. The minimum Gasteiger partial charge on any atom is -0.353 e. The molecule has 0 saturated heterocycles. The third-order valence-corrected chi connectivity index (χ3v) is 3.66. The van der Waals surface area contributed by atoms with Crippen molar-refractivity contribution in [1.29, 1.82) is 0 Å². The van der Waals surface area contributed by atoms with Crippen molar-refractivity contribution in [3.8, 4) is 0 Å². The van der Waals surface area contributed by atoms with Gasteiger partial charge in [0.05, 0.1) is 0 Å². The maximum atomic E-state index is 12.0. The van der Waals surface area contributed by atoms with E-state index in [9.17, 15) is 4.79 Å². The normalized spacial score (nSPS) is 32.1. The van der Waals surface area contributed by atoms with Crippen LogP contribution in [0.4, 0.5) is 0 Å². The van der Waals surface area contributed by atoms with Crippen LogP contribution in [0.3, 0.4) is 0 Å². The summed E-state index contributed by atoms with van der Waals surface area (Å²) in [4.78, 5) is 12.0. The molecule has 16 heavy (non-hydrogen) atoms. The van der Waals surface area contributed by atoms with E-state index in [4.69, 9.17) is 5.73 Å². The quantitative estimate of drug-likeness (QED) is 0.771. The van der Waals surface area contributed by atoms with Crippen molar-refractivity contribution in [3.05, 3.63) is 0 Å². The molecule has 1 rings (SSSR count). The van der Waals surface area contributed by atoms with Gasteiger partial charge in [0.1, 0.15) is 0 Å². The van der Waals surface area contributed by atoms with E-state index in [1.807, 2.05) is 0 Å². The Balaban J connectivity index is 2.41. The maximum absolute atomic E-state index is 12.0. The largest absolute Gasteiger partial charge is 0.353 e. The molecule has 1 amide bonds. The summed E-state index contributed by atoms with van der Waals surface area (Å²) in [5.41, 5.74) is 5.90. The molecule has 0 bridgehead atoms. The summed E-state index contributed by atoms with van der Waals surface area (Å²) in [6, 6.07) is 0.604. The highest BCUT2D eigenvalue weighted by molar-refractivity contribution is 5.79. The summed E-state index contributed by atoms with van der Waals surface area (Å²) in [5.74, 6) is 0.844. The first-order valence-corrected chi connectivity index (χ1v) is 6.60. The second kappa shape index (κ2) is 6.24. The highest BCUT2D eigenvalue weighted by Gasteiger charge is 2.31. The molecule has 0 heterocycles. The molecule has 0 radical (unpaired) electrons. The zero-order valence-corrected chi connectivity index (χ0v) is 10.8. The lowest BCUT2D eigenvalue weighted by atomic mass is 9.77. The Morgan fingerprint density at radius 2 is 2.19 bits per heavy atom. The van der Waals surface area contributed by atoms with Crippen molar-refractivity contribution >= 4 is 5.91 Å². The summed E-state index contributed by atoms with van der Waals surface area (Å²) in [6.07, 6.45) is 5.11. The standard InChI is InChI=1S/C13H26N2O/c1-4-5-10(3)15-13(16)12-7-6-11(14)8-9(12)2/h9-12H,4-8,14H2,1-3H3,(H,15,16). The summed E-state index contributed by atoms with van der Waals surface area (Å²) in [7, 11) is 0. The summed E-state index contributed by atoms with van der Waals surface area (Å²) in [5, 5.41) is 3.12. The second-order valence-electron chi connectivity index (χ2n) is 5.36. The van der Waals surface area contributed by atoms with E-state index in [-0.39, 0.29) is 11.8 Å². The molecule has 1 fully saturated rings. The van der Waals surface area contributed by atoms with Gasteiger partial charge in [-0.2, -0.15) is 0 Å². The van der Waals surface area contributed by atoms with Crippen molar-refractivity contribution in [1.82, 2.24) is 5.32 Å². The predicted octanol–water partition coefficient (Wildman–Crippen LogP) is 2.05. The topological polar surface area (TPSA) is 55.1 Å². The molecular formula is C13H26N2O. The Kier molecular flexibility index (Phi) is 5.26. The van der Waals surface area contributed by atoms with Gasteiger partial charge in [-0.3, -0.25) is 4.79 Å². The molecule has 1 saturated carbocycles. The van der Waals surface area contributed by atoms with Crippen molar-refractivity contribution in [2.45, 2.75) is 65.0 Å². The molecule has 0 aromatic rings. The summed E-state index contributed by atoms with van der Waals surface area (Å²) < 4.78 is 0. The van der Waals surface area contributed by atoms with Crippen LogP contribution >= 0.6 is 0 Å². The molecule has 0 aromatic heterocycles. The van der Waals surface area contributed by atoms with Gasteiger partial charge in [-0.25, -0.2) is 0 Å². The second-order valence-corrected chi connectivity index (χ2v) is 5.36. The monoisotopic (exact) mass is 226 g/mol. The Morgan fingerprint density at radius 1 is 1.50 bits per heavy atom. The third-order valence-electron chi connectivity index (χ3n) is 3.66. The van der Waals surface area contributed by atoms with Gasteiger partial charge in [-0.1, -0.05) is 20.3 Å². The highest BCUT2D eigenvalue weighted by atomic mass is 16.1. The average molecular weight is 226 g/mol. The van der Waals surface area contributed by atoms with Crippen molar-refractivity contribution in [2.75, 3.05) is 0 Å². The lowest BCUT2D eigenvalue weighted by Crippen LogP contribution is -2.43. The zero-order chi connectivity index (χ0) is 12.1. The first-order valence-electron chi connectivity index (χ1n) is 6.60. The van der Waals surface area contributed by atoms with Crippen LogP contribution < -0.4 is 11.1 Å². The number of hydrogen-bond acceptors (Lipinski definition) is 2. The SMILES string of the molecule is CCCC(C)NC(=O)C1CCC(N)CC1C. The number of nitrogens with one attached hydrogen (secondary N) is 1. The molecular weight excluding hydrogens is 200 g/mol. The summed E-state index contributed by atoms with van der Waals surface area (Å²) >= 11 is 0. The third kappa shape index (κ3) is 3.78. The van der Waals surface area contributed by atoms with E-state index in [0.717, 1.165) is 32.1 Å². The number of carbonyl (C=O) groups is 1. The number of rotatable bonds is 4. The minimum absolute atomic E-state index is 0.180. The van der Waals surface area contributed by atoms with Crippen LogP contribution in [0, 0.1) is 11.8 Å². The van der Waals surface area contributed by atoms with Gasteiger partial charge in [0.2, 0.25) is 5.91 Å². The van der Waals surface area contributed by atoms with Gasteiger partial charge in [0.15, 0.2) is 0 Å². The van der Waals surface area contributed by atoms with Crippen LogP contribution in [-0.4, -0.2) is 18.0 Å². The lowest BCUT2D eigenvalue weighted by molar-refractivity contribution is -0.128. The van der Waals surface area contributed by atoms with E-state index in [1.165, 1.54) is 0 Å². The number of nitrogens with two attached hydrogens (primary N) is 1. The van der Waals surface area contributed by atoms with Crippen LogP contribution in [0.15, 0.2) is 0 Å². The number of carbonyl (C=O) groups excluding carboxylic acids is 1. The van der Waals surface area contributed by atoms with Crippen LogP contribution in [0.2, 0.25) is 0 Å². The van der Waals surface area contributed by atoms with Crippen LogP contribution in [0.1, 0.15) is 52.9 Å². The summed E-state index contributed by atoms with van der Waals surface area (Å²) in [6.45, 7) is 6.37. The Bertz CT molecular complexity index is 230. The van der Waals surface area contributed by atoms with E-state index in [0.29, 0.717) is 18.0 Å². The molecule has 1 aliphatic carbocycles. The Hall–Kier alpha value is -0.570. The minimum atomic E-state index is 0.180. The van der Waals surface area contributed by atoms with Gasteiger partial charge < -0.3 is 11.1 Å². The molecule has 1 aliphatic rings. The van der Waals surface area contributed by atoms with E-state index < -0.39 is 0 Å². The molecule has 94 valence electrons. The molecule has 4 atom stereocenters. The molecule has 4 unspecified atom stereocenters. The van der Waals surface area contributed by atoms with E-state index >= 15 is 0 Å². The van der Waals surface area contributed by atoms with E-state index in [1.54, 1.807) is 0 Å². The van der Waals surface area contributed by atoms with Crippen molar-refractivity contribution in [2.24, 2.45) is 17.6 Å². The Labute approximate surface area is 99.2 Å². The zero-order valence-electron chi connectivity index (χ0n) is 10.8. The first kappa shape index (κ1) is 13.5. The van der Waals surface area contributed by atoms with E-state index in [2.05, 4.69) is 26.1 Å². The van der Waals surface area contributed by atoms with Gasteiger partial charge in [0.25, 0.3) is 0 Å². The predicted molar refractivity (Wildman–Crippen MR) is 67.0 cm³/mol. The first-order chi connectivity index (χ1) is 7.54. The molecule has 3 heteroatoms. The molecule has 0 aliphatic heterocycles.